The summed E-state index contributed by atoms with van der Waals surface area (Å²) in [4.78, 5) is 31.8. The second kappa shape index (κ2) is 9.65. The molecular weight excluding hydrogens is 518 g/mol. The minimum absolute atomic E-state index is 0.0156. The number of ether oxygens (including phenoxy) is 1. The number of carbonyl (C=O) groups excluding carboxylic acids is 2. The van der Waals surface area contributed by atoms with E-state index in [2.05, 4.69) is 26.7 Å². The van der Waals surface area contributed by atoms with E-state index in [-0.39, 0.29) is 41.4 Å². The van der Waals surface area contributed by atoms with Crippen LogP contribution >= 0.6 is 11.6 Å². The Bertz CT molecular complexity index is 1520. The van der Waals surface area contributed by atoms with Gasteiger partial charge in [0.15, 0.2) is 17.3 Å². The molecule has 3 fully saturated rings. The van der Waals surface area contributed by atoms with Gasteiger partial charge in [-0.05, 0) is 68.7 Å². The van der Waals surface area contributed by atoms with Crippen LogP contribution in [0, 0.1) is 30.1 Å². The Labute approximate surface area is 230 Å². The van der Waals surface area contributed by atoms with E-state index in [4.69, 9.17) is 16.3 Å². The molecular formula is C28H28ClN7O3. The number of fused-ring (bicyclic) bond motifs is 1. The topological polar surface area (TPSA) is 126 Å². The molecule has 39 heavy (non-hydrogen) atoms. The molecule has 0 radical (unpaired) electrons. The molecule has 3 aliphatic rings. The van der Waals surface area contributed by atoms with Crippen molar-refractivity contribution in [1.29, 1.82) is 5.26 Å². The molecule has 2 saturated carbocycles. The smallest absolute Gasteiger partial charge is 0.273 e. The fourth-order valence-corrected chi connectivity index (χ4v) is 6.03. The van der Waals surface area contributed by atoms with Gasteiger partial charge in [-0.15, -0.1) is 5.10 Å². The third kappa shape index (κ3) is 4.40. The molecule has 0 bridgehead atoms. The number of halogens is 1. The number of aromatic nitrogens is 4. The fraction of sp³-hybridized carbons (Fsp3) is 0.429. The number of nitriles is 1. The number of amides is 2. The standard InChI is InChI=1S/C28H28ClN7O3/c1-14-23(11-31-26(25(14)39-3)35-12-18-8-22(18)28(35)38)15(2)36-13-24(33-34-36)27(37)32-20-6-17(7-20)21-9-19(29)5-4-16(21)10-30/h4-5,9,11,13,15,17-18,20,22H,6-8,12H2,1-3H3,(H,32,37)/t15-,17?,18-,20?,22-/m1/s1. The molecule has 6 rings (SSSR count). The monoisotopic (exact) mass is 545 g/mol. The van der Waals surface area contributed by atoms with Gasteiger partial charge in [0, 0.05) is 40.9 Å². The van der Waals surface area contributed by atoms with Crippen LogP contribution in [0.25, 0.3) is 0 Å². The van der Waals surface area contributed by atoms with Crippen molar-refractivity contribution in [3.8, 4) is 11.8 Å². The molecule has 1 aromatic carbocycles. The maximum atomic E-state index is 12.9. The van der Waals surface area contributed by atoms with Crippen molar-refractivity contribution in [1.82, 2.24) is 25.3 Å². The van der Waals surface area contributed by atoms with E-state index in [0.717, 1.165) is 36.0 Å². The van der Waals surface area contributed by atoms with Gasteiger partial charge < -0.3 is 10.1 Å². The van der Waals surface area contributed by atoms with Crippen molar-refractivity contribution in [3.63, 3.8) is 0 Å². The van der Waals surface area contributed by atoms with Crippen LogP contribution in [0.3, 0.4) is 0 Å². The summed E-state index contributed by atoms with van der Waals surface area (Å²) >= 11 is 6.13. The Morgan fingerprint density at radius 1 is 1.31 bits per heavy atom. The lowest BCUT2D eigenvalue weighted by Crippen LogP contribution is -2.43. The third-order valence-electron chi connectivity index (χ3n) is 8.32. The average molecular weight is 546 g/mol. The van der Waals surface area contributed by atoms with Gasteiger partial charge in [-0.1, -0.05) is 16.8 Å². The Kier molecular flexibility index (Phi) is 6.26. The van der Waals surface area contributed by atoms with Crippen molar-refractivity contribution < 1.29 is 14.3 Å². The summed E-state index contributed by atoms with van der Waals surface area (Å²) in [5.41, 5.74) is 3.49. The predicted molar refractivity (Wildman–Crippen MR) is 143 cm³/mol. The van der Waals surface area contributed by atoms with E-state index >= 15 is 0 Å². The van der Waals surface area contributed by atoms with Crippen molar-refractivity contribution in [2.75, 3.05) is 18.6 Å². The summed E-state index contributed by atoms with van der Waals surface area (Å²) < 4.78 is 7.32. The van der Waals surface area contributed by atoms with Crippen molar-refractivity contribution in [3.05, 3.63) is 63.6 Å². The second-order valence-electron chi connectivity index (χ2n) is 10.7. The number of piperidine rings is 1. The predicted octanol–water partition coefficient (Wildman–Crippen LogP) is 3.78. The first-order valence-corrected chi connectivity index (χ1v) is 13.4. The summed E-state index contributed by atoms with van der Waals surface area (Å²) in [6, 6.07) is 7.21. The van der Waals surface area contributed by atoms with Gasteiger partial charge >= 0.3 is 0 Å². The lowest BCUT2D eigenvalue weighted by atomic mass is 9.74. The Hall–Kier alpha value is -3.97. The lowest BCUT2D eigenvalue weighted by Gasteiger charge is -2.36. The highest BCUT2D eigenvalue weighted by Gasteiger charge is 2.53. The first-order valence-electron chi connectivity index (χ1n) is 13.1. The Morgan fingerprint density at radius 2 is 2.10 bits per heavy atom. The van der Waals surface area contributed by atoms with Gasteiger partial charge in [-0.3, -0.25) is 14.5 Å². The molecule has 3 aromatic rings. The number of nitrogens with one attached hydrogen (secondary N) is 1. The van der Waals surface area contributed by atoms with E-state index in [0.29, 0.717) is 34.6 Å². The number of rotatable bonds is 7. The first kappa shape index (κ1) is 25.3. The van der Waals surface area contributed by atoms with Gasteiger partial charge in [-0.25, -0.2) is 9.67 Å². The molecule has 11 heteroatoms. The zero-order valence-corrected chi connectivity index (χ0v) is 22.6. The quantitative estimate of drug-likeness (QED) is 0.478. The number of hydrogen-bond acceptors (Lipinski definition) is 7. The van der Waals surface area contributed by atoms with Gasteiger partial charge in [0.25, 0.3) is 5.91 Å². The number of hydrogen-bond donors (Lipinski definition) is 1. The van der Waals surface area contributed by atoms with E-state index in [1.165, 1.54) is 0 Å². The number of methoxy groups -OCH3 is 1. The van der Waals surface area contributed by atoms with Crippen LogP contribution in [0.1, 0.15) is 70.9 Å². The summed E-state index contributed by atoms with van der Waals surface area (Å²) in [5, 5.41) is 21.3. The molecule has 1 N–H and O–H groups in total. The number of nitrogens with zero attached hydrogens (tertiary/aromatic N) is 6. The lowest BCUT2D eigenvalue weighted by molar-refractivity contribution is -0.118. The van der Waals surface area contributed by atoms with Crippen LogP contribution in [-0.4, -0.2) is 51.5 Å². The number of carbonyl (C=O) groups is 2. The van der Waals surface area contributed by atoms with E-state index in [9.17, 15) is 14.9 Å². The minimum atomic E-state index is -0.294. The zero-order chi connectivity index (χ0) is 27.4. The zero-order valence-electron chi connectivity index (χ0n) is 21.9. The Morgan fingerprint density at radius 3 is 2.79 bits per heavy atom. The highest BCUT2D eigenvalue weighted by Crippen LogP contribution is 2.49. The number of benzene rings is 1. The fourth-order valence-electron chi connectivity index (χ4n) is 5.84. The summed E-state index contributed by atoms with van der Waals surface area (Å²) in [5.74, 6) is 1.69. The van der Waals surface area contributed by atoms with E-state index in [1.54, 1.807) is 41.2 Å². The molecule has 0 spiro atoms. The minimum Gasteiger partial charge on any atom is -0.493 e. The van der Waals surface area contributed by atoms with Crippen LogP contribution in [0.5, 0.6) is 5.75 Å². The molecule has 200 valence electrons. The summed E-state index contributed by atoms with van der Waals surface area (Å²) in [7, 11) is 1.58. The maximum Gasteiger partial charge on any atom is 0.273 e. The van der Waals surface area contributed by atoms with Crippen molar-refractivity contribution >= 4 is 29.2 Å². The number of anilines is 1. The molecule has 2 aromatic heterocycles. The summed E-state index contributed by atoms with van der Waals surface area (Å²) in [6.07, 6.45) is 5.79. The third-order valence-corrected chi connectivity index (χ3v) is 8.56. The normalized spacial score (nSPS) is 24.0. The average Bonchev–Trinajstić information content (AvgIpc) is 3.36. The molecule has 2 aliphatic carbocycles. The SMILES string of the molecule is COc1c(N2C[C@H]3C[C@H]3C2=O)ncc([C@@H](C)n2cc(C(=O)NC3CC(c4cc(Cl)ccc4C#N)C3)nn2)c1C. The molecule has 3 atom stereocenters. The molecule has 0 unspecified atom stereocenters. The molecule has 1 aliphatic heterocycles. The van der Waals surface area contributed by atoms with Gasteiger partial charge in [0.05, 0.1) is 31.0 Å². The number of pyridine rings is 1. The Balaban J connectivity index is 1.12. The highest BCUT2D eigenvalue weighted by molar-refractivity contribution is 6.30. The maximum absolute atomic E-state index is 12.9. The molecule has 3 heterocycles. The summed E-state index contributed by atoms with van der Waals surface area (Å²) in [6.45, 7) is 4.57. The van der Waals surface area contributed by atoms with Crippen LogP contribution in [-0.2, 0) is 4.79 Å². The van der Waals surface area contributed by atoms with Crippen LogP contribution in [0.15, 0.2) is 30.6 Å². The van der Waals surface area contributed by atoms with Crippen molar-refractivity contribution in [2.45, 2.75) is 51.1 Å². The van der Waals surface area contributed by atoms with Crippen LogP contribution in [0.2, 0.25) is 5.02 Å². The van der Waals surface area contributed by atoms with Crippen LogP contribution < -0.4 is 15.0 Å². The van der Waals surface area contributed by atoms with Crippen LogP contribution in [0.4, 0.5) is 5.82 Å². The van der Waals surface area contributed by atoms with Gasteiger partial charge in [0.1, 0.15) is 0 Å². The highest BCUT2D eigenvalue weighted by atomic mass is 35.5. The second-order valence-corrected chi connectivity index (χ2v) is 11.1. The first-order chi connectivity index (χ1) is 18.8. The van der Waals surface area contributed by atoms with Gasteiger partial charge in [0.2, 0.25) is 5.91 Å². The van der Waals surface area contributed by atoms with E-state index in [1.807, 2.05) is 19.9 Å². The van der Waals surface area contributed by atoms with E-state index < -0.39 is 0 Å². The van der Waals surface area contributed by atoms with Gasteiger partial charge in [-0.2, -0.15) is 5.26 Å². The molecule has 2 amide bonds. The van der Waals surface area contributed by atoms with Crippen molar-refractivity contribution in [2.24, 2.45) is 11.8 Å². The largest absolute Gasteiger partial charge is 0.493 e. The molecule has 10 nitrogen and oxygen atoms in total. The molecule has 1 saturated heterocycles.